The maximum Gasteiger partial charge on any atom is 0.313 e. The van der Waals surface area contributed by atoms with Gasteiger partial charge in [0, 0.05) is 0 Å². The number of aliphatic carboxylic acids is 1. The smallest absolute Gasteiger partial charge is 0.313 e. The summed E-state index contributed by atoms with van der Waals surface area (Å²) in [4.78, 5) is 38.1. The van der Waals surface area contributed by atoms with E-state index in [1.54, 1.807) is 0 Å². The first-order chi connectivity index (χ1) is 22.0. The highest BCUT2D eigenvalue weighted by atomic mass is 16.5. The van der Waals surface area contributed by atoms with E-state index in [1.165, 1.54) is 12.0 Å². The van der Waals surface area contributed by atoms with Crippen molar-refractivity contribution in [1.29, 1.82) is 0 Å². The molecule has 5 aliphatic carbocycles. The highest BCUT2D eigenvalue weighted by Gasteiger charge is 2.69. The molecule has 0 bridgehead atoms. The first kappa shape index (κ1) is 34.2. The summed E-state index contributed by atoms with van der Waals surface area (Å²) in [6.07, 6.45) is 11.8. The van der Waals surface area contributed by atoms with Crippen LogP contribution in [0, 0.1) is 50.2 Å². The molecule has 0 saturated heterocycles. The van der Waals surface area contributed by atoms with Gasteiger partial charge in [0.2, 0.25) is 0 Å². The summed E-state index contributed by atoms with van der Waals surface area (Å²) < 4.78 is 12.2. The standard InChI is InChI=1S/C41H58O6/c1-36(2)19-21-41(35(45)46-26-27-11-9-8-10-12-27)22-20-39(6)29(30(41)25-36)13-14-32-38(5)24-28(47-34(44)16-15-33(42)43)23-37(3,4)31(38)17-18-40(32,39)7/h8-13,28,30-32H,14-26H2,1-7H3,(H,42,43)/t28-,30+,31+,32-,38+,39-,40-,41+/m1/s1. The number of allylic oxidation sites excluding steroid dienone is 2. The van der Waals surface area contributed by atoms with Crippen molar-refractivity contribution in [3.05, 3.63) is 47.5 Å². The molecule has 0 aromatic heterocycles. The van der Waals surface area contributed by atoms with Gasteiger partial charge in [-0.1, -0.05) is 90.4 Å². The van der Waals surface area contributed by atoms with E-state index in [4.69, 9.17) is 14.6 Å². The van der Waals surface area contributed by atoms with Gasteiger partial charge in [0.05, 0.1) is 18.3 Å². The maximum absolute atomic E-state index is 14.3. The van der Waals surface area contributed by atoms with Crippen molar-refractivity contribution in [1.82, 2.24) is 0 Å². The zero-order chi connectivity index (χ0) is 34.0. The molecule has 0 amide bonds. The molecule has 5 aliphatic rings. The predicted molar refractivity (Wildman–Crippen MR) is 182 cm³/mol. The summed E-state index contributed by atoms with van der Waals surface area (Å²) in [6.45, 7) is 17.3. The molecule has 0 radical (unpaired) electrons. The fourth-order valence-electron chi connectivity index (χ4n) is 12.2. The van der Waals surface area contributed by atoms with Crippen molar-refractivity contribution in [3.63, 3.8) is 0 Å². The van der Waals surface area contributed by atoms with Gasteiger partial charge in [-0.05, 0) is 115 Å². The molecular weight excluding hydrogens is 588 g/mol. The zero-order valence-corrected chi connectivity index (χ0v) is 30.0. The Morgan fingerprint density at radius 1 is 0.830 bits per heavy atom. The Hall–Kier alpha value is -2.63. The number of ether oxygens (including phenoxy) is 2. The molecule has 1 aromatic rings. The molecule has 4 saturated carbocycles. The summed E-state index contributed by atoms with van der Waals surface area (Å²) in [7, 11) is 0. The number of hydrogen-bond acceptors (Lipinski definition) is 5. The van der Waals surface area contributed by atoms with Gasteiger partial charge in [-0.3, -0.25) is 14.4 Å². The molecule has 6 nitrogen and oxygen atoms in total. The summed E-state index contributed by atoms with van der Waals surface area (Å²) in [5.41, 5.74) is 2.25. The van der Waals surface area contributed by atoms with Gasteiger partial charge >= 0.3 is 17.9 Å². The number of carbonyl (C=O) groups is 3. The molecule has 0 aliphatic heterocycles. The number of carboxylic acid groups (broad SMARTS) is 1. The third-order valence-corrected chi connectivity index (χ3v) is 14.7. The van der Waals surface area contributed by atoms with Crippen molar-refractivity contribution < 1.29 is 29.0 Å². The van der Waals surface area contributed by atoms with Crippen molar-refractivity contribution in [2.75, 3.05) is 0 Å². The normalized spacial score (nSPS) is 39.9. The van der Waals surface area contributed by atoms with Crippen molar-refractivity contribution in [3.8, 4) is 0 Å². The quantitative estimate of drug-likeness (QED) is 0.235. The van der Waals surface area contributed by atoms with E-state index < -0.39 is 17.4 Å². The summed E-state index contributed by atoms with van der Waals surface area (Å²) >= 11 is 0. The largest absolute Gasteiger partial charge is 0.481 e. The lowest BCUT2D eigenvalue weighted by Gasteiger charge is -2.71. The van der Waals surface area contributed by atoms with Crippen LogP contribution in [0.25, 0.3) is 0 Å². The number of fused-ring (bicyclic) bond motifs is 7. The topological polar surface area (TPSA) is 89.9 Å². The fraction of sp³-hybridized carbons (Fsp3) is 0.732. The number of carbonyl (C=O) groups excluding carboxylic acids is 2. The Bertz CT molecular complexity index is 1430. The van der Waals surface area contributed by atoms with Gasteiger partial charge in [-0.15, -0.1) is 0 Å². The van der Waals surface area contributed by atoms with Crippen molar-refractivity contribution in [2.45, 2.75) is 138 Å². The van der Waals surface area contributed by atoms with Crippen LogP contribution in [-0.4, -0.2) is 29.1 Å². The van der Waals surface area contributed by atoms with E-state index >= 15 is 0 Å². The summed E-state index contributed by atoms with van der Waals surface area (Å²) in [5.74, 6) is -0.242. The number of rotatable bonds is 7. The minimum Gasteiger partial charge on any atom is -0.481 e. The van der Waals surface area contributed by atoms with E-state index in [0.29, 0.717) is 18.4 Å². The van der Waals surface area contributed by atoms with Crippen LogP contribution in [0.1, 0.15) is 131 Å². The Labute approximate surface area is 282 Å². The molecule has 4 fully saturated rings. The second kappa shape index (κ2) is 11.8. The lowest BCUT2D eigenvalue weighted by atomic mass is 9.33. The number of hydrogen-bond donors (Lipinski definition) is 1. The Morgan fingerprint density at radius 3 is 2.23 bits per heavy atom. The summed E-state index contributed by atoms with van der Waals surface area (Å²) in [5, 5.41) is 9.11. The second-order valence-corrected chi connectivity index (χ2v) is 18.3. The molecular formula is C41H58O6. The zero-order valence-electron chi connectivity index (χ0n) is 30.0. The average Bonchev–Trinajstić information content (AvgIpc) is 2.98. The van der Waals surface area contributed by atoms with Crippen molar-refractivity contribution in [2.24, 2.45) is 50.2 Å². The van der Waals surface area contributed by atoms with Crippen LogP contribution in [0.15, 0.2) is 42.0 Å². The Morgan fingerprint density at radius 2 is 1.53 bits per heavy atom. The Kier molecular flexibility index (Phi) is 8.57. The molecule has 6 heteroatoms. The molecule has 8 atom stereocenters. The maximum atomic E-state index is 14.3. The SMILES string of the molecule is CC1(C)CC[C@]2(C(=O)OCc3ccccc3)CC[C@]3(C)C(=CC[C@@H]4[C@@]5(C)C[C@H](OC(=O)CCC(=O)O)CC(C)(C)[C@@H]5CC[C@]43C)[C@@H]2C1. The van der Waals surface area contributed by atoms with Gasteiger partial charge in [0.1, 0.15) is 12.7 Å². The van der Waals surface area contributed by atoms with Gasteiger partial charge < -0.3 is 14.6 Å². The average molecular weight is 647 g/mol. The van der Waals surface area contributed by atoms with E-state index in [1.807, 2.05) is 30.3 Å². The minimum absolute atomic E-state index is 0.00524. The van der Waals surface area contributed by atoms with Crippen LogP contribution in [0.3, 0.4) is 0 Å². The molecule has 0 unspecified atom stereocenters. The van der Waals surface area contributed by atoms with Crippen LogP contribution < -0.4 is 0 Å². The van der Waals surface area contributed by atoms with E-state index in [9.17, 15) is 14.4 Å². The number of carboxylic acids is 1. The molecule has 6 rings (SSSR count). The Balaban J connectivity index is 1.32. The predicted octanol–water partition coefficient (Wildman–Crippen LogP) is 9.31. The van der Waals surface area contributed by atoms with Crippen molar-refractivity contribution >= 4 is 17.9 Å². The lowest BCUT2D eigenvalue weighted by molar-refractivity contribution is -0.208. The molecule has 0 spiro atoms. The lowest BCUT2D eigenvalue weighted by Crippen LogP contribution is -2.65. The van der Waals surface area contributed by atoms with Gasteiger partial charge in [0.25, 0.3) is 0 Å². The minimum atomic E-state index is -0.971. The molecule has 258 valence electrons. The number of esters is 2. The summed E-state index contributed by atoms with van der Waals surface area (Å²) in [6, 6.07) is 10.0. The first-order valence-electron chi connectivity index (χ1n) is 18.3. The van der Waals surface area contributed by atoms with Crippen LogP contribution >= 0.6 is 0 Å². The van der Waals surface area contributed by atoms with Gasteiger partial charge in [0.15, 0.2) is 0 Å². The van der Waals surface area contributed by atoms with Crippen LogP contribution in [0.5, 0.6) is 0 Å². The van der Waals surface area contributed by atoms with Crippen LogP contribution in [0.4, 0.5) is 0 Å². The third kappa shape index (κ3) is 5.67. The monoisotopic (exact) mass is 646 g/mol. The molecule has 0 heterocycles. The molecule has 1 N–H and O–H groups in total. The molecule has 47 heavy (non-hydrogen) atoms. The fourth-order valence-corrected chi connectivity index (χ4v) is 12.2. The third-order valence-electron chi connectivity index (χ3n) is 14.7. The van der Waals surface area contributed by atoms with Crippen LogP contribution in [0.2, 0.25) is 0 Å². The van der Waals surface area contributed by atoms with Gasteiger partial charge in [-0.2, -0.15) is 0 Å². The van der Waals surface area contributed by atoms with Gasteiger partial charge in [-0.25, -0.2) is 0 Å². The second-order valence-electron chi connectivity index (χ2n) is 18.3. The first-order valence-corrected chi connectivity index (χ1v) is 18.3. The van der Waals surface area contributed by atoms with E-state index in [2.05, 4.69) is 54.5 Å². The highest BCUT2D eigenvalue weighted by molar-refractivity contribution is 5.79. The van der Waals surface area contributed by atoms with E-state index in [-0.39, 0.29) is 57.9 Å². The molecule has 1 aromatic carbocycles. The van der Waals surface area contributed by atoms with E-state index in [0.717, 1.165) is 63.4 Å². The van der Waals surface area contributed by atoms with Crippen LogP contribution in [-0.2, 0) is 30.5 Å². The number of benzene rings is 1. The highest BCUT2D eigenvalue weighted by Crippen LogP contribution is 2.76.